The van der Waals surface area contributed by atoms with Crippen LogP contribution >= 0.6 is 0 Å². The first kappa shape index (κ1) is 22.4. The van der Waals surface area contributed by atoms with Gasteiger partial charge in [0.1, 0.15) is 0 Å². The minimum Gasteiger partial charge on any atom is -0.395 e. The van der Waals surface area contributed by atoms with Crippen molar-refractivity contribution in [2.45, 2.75) is 18.8 Å². The highest BCUT2D eigenvalue weighted by Crippen LogP contribution is 2.31. The van der Waals surface area contributed by atoms with Crippen LogP contribution < -0.4 is 5.32 Å². The van der Waals surface area contributed by atoms with E-state index in [0.717, 1.165) is 50.5 Å². The zero-order valence-corrected chi connectivity index (χ0v) is 18.3. The lowest BCUT2D eigenvalue weighted by Crippen LogP contribution is -2.48. The van der Waals surface area contributed by atoms with Gasteiger partial charge in [-0.2, -0.15) is 0 Å². The van der Waals surface area contributed by atoms with E-state index in [0.29, 0.717) is 25.0 Å². The molecule has 2 aromatic rings. The molecule has 4 rings (SSSR count). The van der Waals surface area contributed by atoms with Crippen molar-refractivity contribution in [1.82, 2.24) is 24.7 Å². The number of aliphatic hydroxyl groups is 1. The van der Waals surface area contributed by atoms with Crippen LogP contribution in [-0.2, 0) is 9.59 Å². The van der Waals surface area contributed by atoms with Gasteiger partial charge in [-0.05, 0) is 23.6 Å². The molecule has 0 atom stereocenters. The third-order valence-electron chi connectivity index (χ3n) is 6.33. The minimum absolute atomic E-state index is 0.0702. The van der Waals surface area contributed by atoms with Crippen molar-refractivity contribution < 1.29 is 14.7 Å². The molecule has 1 aromatic carbocycles. The first-order chi connectivity index (χ1) is 15.6. The number of nitrogens with one attached hydrogen (secondary N) is 1. The summed E-state index contributed by atoms with van der Waals surface area (Å²) >= 11 is 0. The summed E-state index contributed by atoms with van der Waals surface area (Å²) in [6.07, 6.45) is 7.68. The van der Waals surface area contributed by atoms with Gasteiger partial charge in [0.15, 0.2) is 11.6 Å². The van der Waals surface area contributed by atoms with E-state index in [2.05, 4.69) is 20.1 Å². The molecule has 8 nitrogen and oxygen atoms in total. The van der Waals surface area contributed by atoms with Crippen molar-refractivity contribution >= 4 is 11.6 Å². The lowest BCUT2D eigenvalue weighted by atomic mass is 9.80. The SMILES string of the molecule is O=C1CC(c2ccc(-n3ccnc3)cc2)CC(=O)C1=CNCCN1CCN(CCO)CC1. The number of piperazine rings is 1. The zero-order valence-electron chi connectivity index (χ0n) is 18.3. The first-order valence-corrected chi connectivity index (χ1v) is 11.3. The average Bonchev–Trinajstić information content (AvgIpc) is 3.34. The Morgan fingerprint density at radius 3 is 2.25 bits per heavy atom. The Hall–Kier alpha value is -2.81. The molecule has 1 aliphatic carbocycles. The third-order valence-corrected chi connectivity index (χ3v) is 6.33. The fraction of sp³-hybridized carbons (Fsp3) is 0.458. The lowest BCUT2D eigenvalue weighted by molar-refractivity contribution is -0.124. The van der Waals surface area contributed by atoms with Crippen LogP contribution in [0.1, 0.15) is 24.3 Å². The van der Waals surface area contributed by atoms with Crippen molar-refractivity contribution in [2.24, 2.45) is 0 Å². The number of hydrogen-bond donors (Lipinski definition) is 2. The van der Waals surface area contributed by atoms with Gasteiger partial charge >= 0.3 is 0 Å². The standard InChI is InChI=1S/C24H31N5O3/c30-14-13-28-11-9-27(10-12-28)7-5-25-17-22-23(31)15-20(16-24(22)32)19-1-3-21(4-2-19)29-8-6-26-18-29/h1-4,6,8,17-18,20,25,30H,5,7,9-16H2. The van der Waals surface area contributed by atoms with E-state index in [1.165, 1.54) is 0 Å². The van der Waals surface area contributed by atoms with Crippen molar-refractivity contribution in [3.63, 3.8) is 0 Å². The highest BCUT2D eigenvalue weighted by molar-refractivity contribution is 6.22. The van der Waals surface area contributed by atoms with Gasteiger partial charge in [0.05, 0.1) is 18.5 Å². The molecular formula is C24H31N5O3. The number of aromatic nitrogens is 2. The Balaban J connectivity index is 1.25. The maximum absolute atomic E-state index is 12.7. The van der Waals surface area contributed by atoms with E-state index in [1.807, 2.05) is 35.0 Å². The van der Waals surface area contributed by atoms with E-state index in [9.17, 15) is 9.59 Å². The van der Waals surface area contributed by atoms with Crippen LogP contribution in [0.2, 0.25) is 0 Å². The summed E-state index contributed by atoms with van der Waals surface area (Å²) in [4.78, 5) is 34.0. The fourth-order valence-corrected chi connectivity index (χ4v) is 4.40. The monoisotopic (exact) mass is 437 g/mol. The van der Waals surface area contributed by atoms with Gasteiger partial charge in [-0.15, -0.1) is 0 Å². The largest absolute Gasteiger partial charge is 0.395 e. The molecule has 0 radical (unpaired) electrons. The number of imidazole rings is 1. The summed E-state index contributed by atoms with van der Waals surface area (Å²) in [6, 6.07) is 7.96. The van der Waals surface area contributed by atoms with E-state index in [4.69, 9.17) is 5.11 Å². The topological polar surface area (TPSA) is 90.7 Å². The van der Waals surface area contributed by atoms with Gasteiger partial charge in [0.2, 0.25) is 0 Å². The van der Waals surface area contributed by atoms with Gasteiger partial charge in [-0.25, -0.2) is 4.98 Å². The number of carbonyl (C=O) groups is 2. The Labute approximate surface area is 188 Å². The molecule has 8 heteroatoms. The molecule has 1 aromatic heterocycles. The average molecular weight is 438 g/mol. The number of β-amino-alcohol motifs (C(OH)–C–C–N with tert-alkyl or cyclic N) is 1. The molecule has 2 aliphatic rings. The Morgan fingerprint density at radius 1 is 1.00 bits per heavy atom. The summed E-state index contributed by atoms with van der Waals surface area (Å²) in [5.41, 5.74) is 2.31. The van der Waals surface area contributed by atoms with Crippen LogP contribution in [0.3, 0.4) is 0 Å². The Bertz CT molecular complexity index is 911. The predicted octanol–water partition coefficient (Wildman–Crippen LogP) is 0.971. The molecule has 0 amide bonds. The van der Waals surface area contributed by atoms with Crippen LogP contribution in [0.5, 0.6) is 0 Å². The van der Waals surface area contributed by atoms with Crippen LogP contribution in [0, 0.1) is 0 Å². The van der Waals surface area contributed by atoms with E-state index in [1.54, 1.807) is 18.7 Å². The normalized spacial score (nSPS) is 20.5. The van der Waals surface area contributed by atoms with Gasteiger partial charge in [0.25, 0.3) is 0 Å². The number of aliphatic hydroxyl groups excluding tert-OH is 1. The summed E-state index contributed by atoms with van der Waals surface area (Å²) in [5.74, 6) is -0.246. The second kappa shape index (κ2) is 10.7. The number of ketones is 2. The van der Waals surface area contributed by atoms with Crippen LogP contribution in [0.15, 0.2) is 54.8 Å². The number of allylic oxidation sites excluding steroid dienone is 1. The number of carbonyl (C=O) groups excluding carboxylic acids is 2. The van der Waals surface area contributed by atoms with Crippen molar-refractivity contribution in [1.29, 1.82) is 0 Å². The number of nitrogens with zero attached hydrogens (tertiary/aromatic N) is 4. The lowest BCUT2D eigenvalue weighted by Gasteiger charge is -2.34. The van der Waals surface area contributed by atoms with E-state index < -0.39 is 0 Å². The molecule has 32 heavy (non-hydrogen) atoms. The maximum Gasteiger partial charge on any atom is 0.168 e. The summed E-state index contributed by atoms with van der Waals surface area (Å²) in [5, 5.41) is 12.2. The van der Waals surface area contributed by atoms with Crippen molar-refractivity contribution in [2.75, 3.05) is 52.4 Å². The smallest absolute Gasteiger partial charge is 0.168 e. The molecule has 1 saturated heterocycles. The molecule has 2 heterocycles. The second-order valence-electron chi connectivity index (χ2n) is 8.43. The third kappa shape index (κ3) is 5.51. The molecule has 0 unspecified atom stereocenters. The highest BCUT2D eigenvalue weighted by atomic mass is 16.3. The first-order valence-electron chi connectivity index (χ1n) is 11.3. The minimum atomic E-state index is -0.0879. The predicted molar refractivity (Wildman–Crippen MR) is 122 cm³/mol. The summed E-state index contributed by atoms with van der Waals surface area (Å²) < 4.78 is 1.92. The molecular weight excluding hydrogens is 406 g/mol. The number of benzene rings is 1. The molecule has 1 saturated carbocycles. The van der Waals surface area contributed by atoms with Gasteiger partial charge in [0, 0.05) is 82.9 Å². The molecule has 0 spiro atoms. The quantitative estimate of drug-likeness (QED) is 0.361. The highest BCUT2D eigenvalue weighted by Gasteiger charge is 2.31. The molecule has 2 N–H and O–H groups in total. The second-order valence-corrected chi connectivity index (χ2v) is 8.43. The van der Waals surface area contributed by atoms with Gasteiger partial charge < -0.3 is 15.0 Å². The number of Topliss-reactive ketones (excluding diaryl/α,β-unsaturated/α-hetero) is 2. The van der Waals surface area contributed by atoms with Crippen LogP contribution in [0.4, 0.5) is 0 Å². The van der Waals surface area contributed by atoms with E-state index in [-0.39, 0.29) is 24.1 Å². The Kier molecular flexibility index (Phi) is 7.47. The Morgan fingerprint density at radius 2 is 1.66 bits per heavy atom. The fourth-order valence-electron chi connectivity index (χ4n) is 4.40. The molecule has 170 valence electrons. The van der Waals surface area contributed by atoms with Gasteiger partial charge in [-0.1, -0.05) is 12.1 Å². The van der Waals surface area contributed by atoms with Crippen LogP contribution in [0.25, 0.3) is 5.69 Å². The molecule has 0 bridgehead atoms. The van der Waals surface area contributed by atoms with E-state index >= 15 is 0 Å². The van der Waals surface area contributed by atoms with Crippen LogP contribution in [-0.4, -0.2) is 88.4 Å². The van der Waals surface area contributed by atoms with Crippen molar-refractivity contribution in [3.05, 3.63) is 60.3 Å². The summed E-state index contributed by atoms with van der Waals surface area (Å²) in [7, 11) is 0. The number of rotatable bonds is 8. The van der Waals surface area contributed by atoms with Gasteiger partial charge in [-0.3, -0.25) is 19.4 Å². The zero-order chi connectivity index (χ0) is 22.3. The molecule has 1 aliphatic heterocycles. The van der Waals surface area contributed by atoms with Crippen molar-refractivity contribution in [3.8, 4) is 5.69 Å². The molecule has 2 fully saturated rings. The maximum atomic E-state index is 12.7. The number of hydrogen-bond acceptors (Lipinski definition) is 7. The summed E-state index contributed by atoms with van der Waals surface area (Å²) in [6.45, 7) is 6.36.